The third kappa shape index (κ3) is 10.4. The summed E-state index contributed by atoms with van der Waals surface area (Å²) < 4.78 is 223. The Bertz CT molecular complexity index is 2710. The minimum Gasteiger partial charge on any atom is -0.495 e. The van der Waals surface area contributed by atoms with Crippen LogP contribution in [0.3, 0.4) is 0 Å². The molecule has 14 nitrogen and oxygen atoms in total. The zero-order valence-corrected chi connectivity index (χ0v) is 32.5. The Hall–Kier alpha value is -5.06. The molecule has 0 aliphatic rings. The van der Waals surface area contributed by atoms with Crippen LogP contribution >= 0.6 is 12.0 Å². The van der Waals surface area contributed by atoms with Gasteiger partial charge in [0.05, 0.1) is 51.2 Å². The summed E-state index contributed by atoms with van der Waals surface area (Å²) in [5, 5.41) is 12.2. The SMILES string of the molecule is COc1ccc(S(=O)(=O)c2ccc(Oc3ccc(Oc4c(F)c(F)c(-c5c(F)c(F)c(C)c(F)c5F)c(F)c4F)cc3)c(SOOO)c2)cc1S(=O)(=O)O.CS(=O)(=O)O. The maximum atomic E-state index is 15.0. The highest BCUT2D eigenvalue weighted by atomic mass is 32.2. The van der Waals surface area contributed by atoms with E-state index in [2.05, 4.69) is 9.37 Å². The molecule has 0 aliphatic heterocycles. The molecule has 0 heterocycles. The van der Waals surface area contributed by atoms with Gasteiger partial charge in [-0.15, -0.1) is 4.33 Å². The number of halogens is 8. The van der Waals surface area contributed by atoms with Crippen molar-refractivity contribution in [2.24, 2.45) is 0 Å². The highest BCUT2D eigenvalue weighted by Crippen LogP contribution is 2.42. The van der Waals surface area contributed by atoms with Crippen LogP contribution in [0.4, 0.5) is 35.1 Å². The summed E-state index contributed by atoms with van der Waals surface area (Å²) in [4.78, 5) is -2.10. The first-order valence-corrected chi connectivity index (χ1v) is 20.6. The molecule has 0 radical (unpaired) electrons. The van der Waals surface area contributed by atoms with Crippen molar-refractivity contribution in [3.63, 3.8) is 0 Å². The van der Waals surface area contributed by atoms with E-state index in [0.29, 0.717) is 19.2 Å². The summed E-state index contributed by atoms with van der Waals surface area (Å²) in [6.45, 7) is 0.613. The summed E-state index contributed by atoms with van der Waals surface area (Å²) in [6.07, 6.45) is 0.715. The van der Waals surface area contributed by atoms with Crippen molar-refractivity contribution in [1.29, 1.82) is 0 Å². The molecule has 0 amide bonds. The van der Waals surface area contributed by atoms with Gasteiger partial charge in [-0.2, -0.15) is 25.6 Å². The van der Waals surface area contributed by atoms with Crippen LogP contribution in [0.2, 0.25) is 0 Å². The number of sulfone groups is 1. The molecule has 3 N–H and O–H groups in total. The summed E-state index contributed by atoms with van der Waals surface area (Å²) in [6, 6.07) is 9.75. The number of methoxy groups -OCH3 is 1. The maximum absolute atomic E-state index is 15.0. The second-order valence-electron chi connectivity index (χ2n) is 11.3. The zero-order valence-electron chi connectivity index (χ0n) is 29.3. The average molecular weight is 923 g/mol. The van der Waals surface area contributed by atoms with Gasteiger partial charge in [0.1, 0.15) is 27.9 Å². The number of hydrogen-bond acceptors (Lipinski definition) is 13. The van der Waals surface area contributed by atoms with Crippen LogP contribution in [0.25, 0.3) is 11.1 Å². The predicted molar refractivity (Wildman–Crippen MR) is 186 cm³/mol. The number of ether oxygens (including phenoxy) is 3. The second-order valence-corrected chi connectivity index (χ2v) is 16.8. The Labute approximate surface area is 332 Å². The lowest BCUT2D eigenvalue weighted by atomic mass is 9.99. The van der Waals surface area contributed by atoms with Crippen molar-refractivity contribution < 1.29 is 98.3 Å². The van der Waals surface area contributed by atoms with Crippen LogP contribution in [0, 0.1) is 53.5 Å². The van der Waals surface area contributed by atoms with Crippen LogP contribution in [-0.4, -0.2) is 53.0 Å². The number of hydrogen-bond donors (Lipinski definition) is 3. The summed E-state index contributed by atoms with van der Waals surface area (Å²) >= 11 is 0.234. The van der Waals surface area contributed by atoms with Gasteiger partial charge in [-0.1, -0.05) is 5.04 Å². The lowest BCUT2D eigenvalue weighted by Crippen LogP contribution is -2.09. The van der Waals surface area contributed by atoms with Crippen molar-refractivity contribution in [3.05, 3.63) is 113 Å². The van der Waals surface area contributed by atoms with Gasteiger partial charge in [-0.25, -0.2) is 40.0 Å². The standard InChI is InChI=1S/C32H18F8O11S3.CH4O3S/c1-13-24(33)26(35)22(27(36)25(13)34)23-28(37)30(39)32(31(40)29(23)38)49-15-5-3-14(4-6-15)48-18-9-7-16(11-20(18)52-51-50-41)53(42,43)17-8-10-19(47-2)21(12-17)54(44,45)46;1-5(2,3)4/h3-12,41H,1-2H3,(H,44,45,46);1H3,(H,2,3,4). The van der Waals surface area contributed by atoms with Crippen molar-refractivity contribution >= 4 is 42.1 Å². The Kier molecular flexibility index (Phi) is 14.3. The molecule has 0 saturated heterocycles. The van der Waals surface area contributed by atoms with E-state index in [-0.39, 0.29) is 34.2 Å². The molecule has 59 heavy (non-hydrogen) atoms. The van der Waals surface area contributed by atoms with Gasteiger partial charge in [-0.05, 0) is 67.6 Å². The van der Waals surface area contributed by atoms with E-state index in [9.17, 15) is 64.9 Å². The van der Waals surface area contributed by atoms with Gasteiger partial charge in [0.2, 0.25) is 27.2 Å². The largest absolute Gasteiger partial charge is 0.495 e. The molecular weight excluding hydrogens is 901 g/mol. The molecule has 0 aromatic heterocycles. The maximum Gasteiger partial charge on any atom is 0.298 e. The molecule has 0 spiro atoms. The van der Waals surface area contributed by atoms with Crippen LogP contribution in [0.5, 0.6) is 28.7 Å². The number of benzene rings is 5. The molecule has 0 aliphatic carbocycles. The van der Waals surface area contributed by atoms with E-state index in [1.54, 1.807) is 0 Å². The predicted octanol–water partition coefficient (Wildman–Crippen LogP) is 8.38. The van der Waals surface area contributed by atoms with E-state index in [1.807, 2.05) is 0 Å². The number of rotatable bonds is 12. The molecule has 318 valence electrons. The minimum atomic E-state index is -4.93. The fraction of sp³-hybridized carbons (Fsp3) is 0.0909. The molecule has 5 aromatic rings. The second kappa shape index (κ2) is 18.1. The molecule has 5 aromatic carbocycles. The molecule has 0 unspecified atom stereocenters. The molecular formula is C33H22F8O14S4. The van der Waals surface area contributed by atoms with Crippen LogP contribution in [0.15, 0.2) is 80.2 Å². The van der Waals surface area contributed by atoms with Crippen molar-refractivity contribution in [2.75, 3.05) is 13.4 Å². The molecule has 0 fully saturated rings. The summed E-state index contributed by atoms with van der Waals surface area (Å²) in [5.74, 6) is -21.2. The molecule has 0 bridgehead atoms. The quantitative estimate of drug-likeness (QED) is 0.0268. The fourth-order valence-electron chi connectivity index (χ4n) is 4.72. The molecule has 0 saturated carbocycles. The first-order valence-electron chi connectivity index (χ1n) is 15.1. The van der Waals surface area contributed by atoms with E-state index in [4.69, 9.17) is 24.0 Å². The van der Waals surface area contributed by atoms with Gasteiger partial charge in [0.25, 0.3) is 20.2 Å². The Balaban J connectivity index is 0.00000145. The van der Waals surface area contributed by atoms with Crippen molar-refractivity contribution in [3.8, 4) is 39.9 Å². The fourth-order valence-corrected chi connectivity index (χ4v) is 7.33. The zero-order chi connectivity index (χ0) is 44.4. The topological polar surface area (TPSA) is 209 Å². The lowest BCUT2D eigenvalue weighted by Gasteiger charge is -2.15. The van der Waals surface area contributed by atoms with Crippen molar-refractivity contribution in [1.82, 2.24) is 0 Å². The van der Waals surface area contributed by atoms with Crippen molar-refractivity contribution in [2.45, 2.75) is 26.5 Å². The normalized spacial score (nSPS) is 11.8. The molecule has 0 atom stereocenters. The average Bonchev–Trinajstić information content (AvgIpc) is 3.17. The highest BCUT2D eigenvalue weighted by molar-refractivity contribution is 7.94. The van der Waals surface area contributed by atoms with Gasteiger partial charge in [-0.3, -0.25) is 9.11 Å². The van der Waals surface area contributed by atoms with Gasteiger partial charge in [0, 0.05) is 5.56 Å². The van der Waals surface area contributed by atoms with E-state index >= 15 is 0 Å². The molecule has 26 heteroatoms. The first-order chi connectivity index (χ1) is 27.3. The summed E-state index contributed by atoms with van der Waals surface area (Å²) in [5.41, 5.74) is -5.31. The Morgan fingerprint density at radius 2 is 1.02 bits per heavy atom. The van der Waals surface area contributed by atoms with Crippen LogP contribution < -0.4 is 14.2 Å². The third-order valence-corrected chi connectivity index (χ3v) is 10.6. The Morgan fingerprint density at radius 1 is 0.593 bits per heavy atom. The first kappa shape index (κ1) is 46.6. The van der Waals surface area contributed by atoms with E-state index < -0.39 is 119 Å². The van der Waals surface area contributed by atoms with E-state index in [0.717, 1.165) is 61.7 Å². The van der Waals surface area contributed by atoms with Gasteiger partial charge >= 0.3 is 0 Å². The highest BCUT2D eigenvalue weighted by Gasteiger charge is 2.34. The van der Waals surface area contributed by atoms with Gasteiger partial charge < -0.3 is 14.2 Å². The monoisotopic (exact) mass is 922 g/mol. The smallest absolute Gasteiger partial charge is 0.298 e. The molecule has 5 rings (SSSR count). The Morgan fingerprint density at radius 3 is 1.46 bits per heavy atom. The minimum absolute atomic E-state index is 0.110. The van der Waals surface area contributed by atoms with Crippen LogP contribution in [0.1, 0.15) is 5.56 Å². The van der Waals surface area contributed by atoms with Crippen LogP contribution in [-0.2, 0) is 39.4 Å². The third-order valence-electron chi connectivity index (χ3n) is 7.33. The summed E-state index contributed by atoms with van der Waals surface area (Å²) in [7, 11) is -12.0. The van der Waals surface area contributed by atoms with E-state index in [1.165, 1.54) is 0 Å². The van der Waals surface area contributed by atoms with Gasteiger partial charge in [0.15, 0.2) is 34.9 Å². The lowest BCUT2D eigenvalue weighted by molar-refractivity contribution is -0.432.